The van der Waals surface area contributed by atoms with Gasteiger partial charge in [0.25, 0.3) is 0 Å². The monoisotopic (exact) mass is 234 g/mol. The Kier molecular flexibility index (Phi) is 3.67. The first-order chi connectivity index (χ1) is 8.17. The third-order valence-electron chi connectivity index (χ3n) is 4.10. The lowest BCUT2D eigenvalue weighted by Gasteiger charge is -2.39. The molecule has 0 unspecified atom stereocenters. The summed E-state index contributed by atoms with van der Waals surface area (Å²) in [4.78, 5) is 6.79. The van der Waals surface area contributed by atoms with Gasteiger partial charge < -0.3 is 10.0 Å². The van der Waals surface area contributed by atoms with Gasteiger partial charge in [-0.25, -0.2) is 4.98 Å². The van der Waals surface area contributed by atoms with Crippen LogP contribution in [0.15, 0.2) is 18.2 Å². The van der Waals surface area contributed by atoms with Crippen molar-refractivity contribution in [3.8, 4) is 0 Å². The zero-order chi connectivity index (χ0) is 12.3. The average Bonchev–Trinajstić information content (AvgIpc) is 2.40. The number of rotatable bonds is 3. The lowest BCUT2D eigenvalue weighted by atomic mass is 9.78. The quantitative estimate of drug-likeness (QED) is 0.873. The van der Waals surface area contributed by atoms with Gasteiger partial charge in [-0.05, 0) is 30.4 Å². The molecular weight excluding hydrogens is 212 g/mol. The topological polar surface area (TPSA) is 36.4 Å². The van der Waals surface area contributed by atoms with E-state index in [1.807, 2.05) is 18.2 Å². The van der Waals surface area contributed by atoms with Crippen LogP contribution >= 0.6 is 0 Å². The smallest absolute Gasteiger partial charge is 0.128 e. The van der Waals surface area contributed by atoms with E-state index in [1.165, 1.54) is 19.3 Å². The van der Waals surface area contributed by atoms with E-state index in [2.05, 4.69) is 23.7 Å². The molecule has 2 rings (SSSR count). The molecule has 0 atom stereocenters. The third-order valence-corrected chi connectivity index (χ3v) is 4.10. The van der Waals surface area contributed by atoms with Gasteiger partial charge in [0.2, 0.25) is 0 Å². The van der Waals surface area contributed by atoms with Gasteiger partial charge in [-0.1, -0.05) is 26.3 Å². The highest BCUT2D eigenvalue weighted by Gasteiger charge is 2.28. The minimum absolute atomic E-state index is 0.0222. The van der Waals surface area contributed by atoms with E-state index in [9.17, 15) is 0 Å². The number of hydrogen-bond donors (Lipinski definition) is 1. The van der Waals surface area contributed by atoms with E-state index in [1.54, 1.807) is 0 Å². The fourth-order valence-electron chi connectivity index (χ4n) is 2.36. The summed E-state index contributed by atoms with van der Waals surface area (Å²) in [5, 5.41) is 9.10. The van der Waals surface area contributed by atoms with E-state index >= 15 is 0 Å². The first-order valence-electron chi connectivity index (χ1n) is 6.48. The molecule has 94 valence electrons. The Hall–Kier alpha value is -1.09. The molecule has 2 heterocycles. The van der Waals surface area contributed by atoms with Gasteiger partial charge in [-0.3, -0.25) is 0 Å². The number of anilines is 1. The molecule has 1 aromatic heterocycles. The first kappa shape index (κ1) is 12.4. The van der Waals surface area contributed by atoms with E-state index in [0.29, 0.717) is 5.41 Å². The fraction of sp³-hybridized carbons (Fsp3) is 0.643. The number of nitrogens with zero attached hydrogens (tertiary/aromatic N) is 2. The van der Waals surface area contributed by atoms with Gasteiger partial charge in [-0.15, -0.1) is 0 Å². The normalized spacial score (nSPS) is 19.4. The van der Waals surface area contributed by atoms with E-state index < -0.39 is 0 Å². The Morgan fingerprint density at radius 3 is 2.65 bits per heavy atom. The lowest BCUT2D eigenvalue weighted by molar-refractivity contribution is 0.237. The summed E-state index contributed by atoms with van der Waals surface area (Å²) in [6.07, 6.45) is 3.72. The Morgan fingerprint density at radius 2 is 2.06 bits per heavy atom. The molecule has 1 N–H and O–H groups in total. The summed E-state index contributed by atoms with van der Waals surface area (Å²) >= 11 is 0. The zero-order valence-electron chi connectivity index (χ0n) is 10.8. The van der Waals surface area contributed by atoms with Gasteiger partial charge in [0.05, 0.1) is 12.3 Å². The van der Waals surface area contributed by atoms with E-state index in [0.717, 1.165) is 24.6 Å². The molecule has 3 nitrogen and oxygen atoms in total. The van der Waals surface area contributed by atoms with E-state index in [4.69, 9.17) is 5.11 Å². The molecular formula is C14H22N2O. The standard InChI is InChI=1S/C14H22N2O/c1-3-14(2)7-9-16(10-8-14)13-6-4-5-12(11-17)15-13/h4-6,17H,3,7-11H2,1-2H3. The second kappa shape index (κ2) is 5.05. The molecule has 1 saturated heterocycles. The second-order valence-corrected chi connectivity index (χ2v) is 5.30. The second-order valence-electron chi connectivity index (χ2n) is 5.30. The van der Waals surface area contributed by atoms with Crippen LogP contribution in [0.25, 0.3) is 0 Å². The van der Waals surface area contributed by atoms with Crippen molar-refractivity contribution < 1.29 is 5.11 Å². The summed E-state index contributed by atoms with van der Waals surface area (Å²) < 4.78 is 0. The van der Waals surface area contributed by atoms with Crippen LogP contribution < -0.4 is 4.90 Å². The van der Waals surface area contributed by atoms with Crippen LogP contribution in [0.1, 0.15) is 38.8 Å². The molecule has 0 aromatic carbocycles. The number of aliphatic hydroxyl groups is 1. The molecule has 17 heavy (non-hydrogen) atoms. The van der Waals surface area contributed by atoms with Crippen LogP contribution in [0.4, 0.5) is 5.82 Å². The number of hydrogen-bond acceptors (Lipinski definition) is 3. The Bertz CT molecular complexity index is 370. The van der Waals surface area contributed by atoms with Crippen LogP contribution in [0, 0.1) is 5.41 Å². The maximum Gasteiger partial charge on any atom is 0.128 e. The lowest BCUT2D eigenvalue weighted by Crippen LogP contribution is -2.38. The molecule has 0 aliphatic carbocycles. The van der Waals surface area contributed by atoms with Crippen molar-refractivity contribution in [2.75, 3.05) is 18.0 Å². The minimum Gasteiger partial charge on any atom is -0.390 e. The summed E-state index contributed by atoms with van der Waals surface area (Å²) in [5.41, 5.74) is 1.26. The molecule has 0 bridgehead atoms. The largest absolute Gasteiger partial charge is 0.390 e. The number of aliphatic hydroxyl groups excluding tert-OH is 1. The van der Waals surface area contributed by atoms with Crippen LogP contribution in [0.2, 0.25) is 0 Å². The predicted molar refractivity (Wildman–Crippen MR) is 70.0 cm³/mol. The molecule has 1 aromatic rings. The number of piperidine rings is 1. The van der Waals surface area contributed by atoms with Crippen molar-refractivity contribution >= 4 is 5.82 Å². The summed E-state index contributed by atoms with van der Waals surface area (Å²) in [6.45, 7) is 6.83. The van der Waals surface area contributed by atoms with Crippen LogP contribution in [0.5, 0.6) is 0 Å². The van der Waals surface area contributed by atoms with Gasteiger partial charge in [0.15, 0.2) is 0 Å². The van der Waals surface area contributed by atoms with Gasteiger partial charge in [0, 0.05) is 13.1 Å². The molecule has 0 amide bonds. The average molecular weight is 234 g/mol. The molecule has 3 heteroatoms. The van der Waals surface area contributed by atoms with Gasteiger partial charge >= 0.3 is 0 Å². The van der Waals surface area contributed by atoms with Crippen LogP contribution in [-0.4, -0.2) is 23.2 Å². The highest BCUT2D eigenvalue weighted by Crippen LogP contribution is 2.35. The fourth-order valence-corrected chi connectivity index (χ4v) is 2.36. The van der Waals surface area contributed by atoms with Crippen molar-refractivity contribution in [3.05, 3.63) is 23.9 Å². The minimum atomic E-state index is 0.0222. The molecule has 0 radical (unpaired) electrons. The molecule has 1 fully saturated rings. The Balaban J connectivity index is 2.05. The summed E-state index contributed by atoms with van der Waals surface area (Å²) in [7, 11) is 0. The zero-order valence-corrected chi connectivity index (χ0v) is 10.8. The van der Waals surface area contributed by atoms with Crippen molar-refractivity contribution in [1.82, 2.24) is 4.98 Å². The summed E-state index contributed by atoms with van der Waals surface area (Å²) in [6, 6.07) is 5.87. The highest BCUT2D eigenvalue weighted by atomic mass is 16.3. The number of aromatic nitrogens is 1. The van der Waals surface area contributed by atoms with E-state index in [-0.39, 0.29) is 6.61 Å². The molecule has 0 spiro atoms. The first-order valence-corrected chi connectivity index (χ1v) is 6.48. The maximum absolute atomic E-state index is 9.10. The van der Waals surface area contributed by atoms with Crippen LogP contribution in [0.3, 0.4) is 0 Å². The molecule has 1 aliphatic heterocycles. The summed E-state index contributed by atoms with van der Waals surface area (Å²) in [5.74, 6) is 1.01. The molecule has 1 aliphatic rings. The Morgan fingerprint density at radius 1 is 1.35 bits per heavy atom. The Labute approximate surface area is 103 Å². The molecule has 0 saturated carbocycles. The van der Waals surface area contributed by atoms with Crippen molar-refractivity contribution in [2.45, 2.75) is 39.7 Å². The van der Waals surface area contributed by atoms with Crippen molar-refractivity contribution in [3.63, 3.8) is 0 Å². The van der Waals surface area contributed by atoms with Crippen molar-refractivity contribution in [2.24, 2.45) is 5.41 Å². The maximum atomic E-state index is 9.10. The van der Waals surface area contributed by atoms with Crippen LogP contribution in [-0.2, 0) is 6.61 Å². The number of pyridine rings is 1. The van der Waals surface area contributed by atoms with Gasteiger partial charge in [0.1, 0.15) is 5.82 Å². The highest BCUT2D eigenvalue weighted by molar-refractivity contribution is 5.39. The SMILES string of the molecule is CCC1(C)CCN(c2cccc(CO)n2)CC1. The predicted octanol–water partition coefficient (Wildman–Crippen LogP) is 2.59. The van der Waals surface area contributed by atoms with Gasteiger partial charge in [-0.2, -0.15) is 0 Å². The van der Waals surface area contributed by atoms with Crippen molar-refractivity contribution in [1.29, 1.82) is 0 Å². The third kappa shape index (κ3) is 2.78.